The van der Waals surface area contributed by atoms with Crippen LogP contribution >= 0.6 is 0 Å². The fraction of sp³-hybridized carbons (Fsp3) is 1.00. The Bertz CT molecular complexity index is 152. The molecule has 1 heterocycles. The minimum Gasteiger partial charge on any atom is -0.381 e. The van der Waals surface area contributed by atoms with Gasteiger partial charge in [-0.1, -0.05) is 6.42 Å². The van der Waals surface area contributed by atoms with Crippen LogP contribution in [0.3, 0.4) is 0 Å². The van der Waals surface area contributed by atoms with E-state index in [2.05, 4.69) is 5.32 Å². The van der Waals surface area contributed by atoms with E-state index in [-0.39, 0.29) is 0 Å². The molecule has 2 rings (SSSR count). The van der Waals surface area contributed by atoms with Crippen molar-refractivity contribution in [1.82, 2.24) is 5.32 Å². The average molecular weight is 169 g/mol. The van der Waals surface area contributed by atoms with Crippen molar-refractivity contribution >= 4 is 0 Å². The molecule has 0 aromatic carbocycles. The predicted molar refractivity (Wildman–Crippen MR) is 49.2 cm³/mol. The Morgan fingerprint density at radius 3 is 2.67 bits per heavy atom. The molecule has 1 unspecified atom stereocenters. The third kappa shape index (κ3) is 1.27. The van der Waals surface area contributed by atoms with Crippen LogP contribution in [-0.4, -0.2) is 26.3 Å². The fourth-order valence-corrected chi connectivity index (χ4v) is 2.97. The number of methoxy groups -OCH3 is 1. The summed E-state index contributed by atoms with van der Waals surface area (Å²) in [7, 11) is 1.87. The first-order valence-corrected chi connectivity index (χ1v) is 5.11. The Morgan fingerprint density at radius 1 is 1.25 bits per heavy atom. The van der Waals surface area contributed by atoms with Crippen molar-refractivity contribution in [3.63, 3.8) is 0 Å². The molecule has 2 fully saturated rings. The number of piperidine rings is 1. The molecule has 2 aliphatic rings. The molecule has 0 aromatic heterocycles. The van der Waals surface area contributed by atoms with Crippen LogP contribution in [0.4, 0.5) is 0 Å². The summed E-state index contributed by atoms with van der Waals surface area (Å²) in [5, 5.41) is 3.42. The van der Waals surface area contributed by atoms with E-state index in [1.165, 1.54) is 45.2 Å². The van der Waals surface area contributed by atoms with Gasteiger partial charge in [-0.3, -0.25) is 0 Å². The highest BCUT2D eigenvalue weighted by Gasteiger charge is 2.43. The molecule has 1 saturated carbocycles. The highest BCUT2D eigenvalue weighted by Crippen LogP contribution is 2.46. The monoisotopic (exact) mass is 169 g/mol. The van der Waals surface area contributed by atoms with Crippen molar-refractivity contribution in [1.29, 1.82) is 0 Å². The van der Waals surface area contributed by atoms with Crippen molar-refractivity contribution in [2.45, 2.75) is 38.2 Å². The molecular weight excluding hydrogens is 150 g/mol. The van der Waals surface area contributed by atoms with E-state index in [0.717, 1.165) is 0 Å². The fourth-order valence-electron chi connectivity index (χ4n) is 2.97. The molecule has 1 N–H and O–H groups in total. The van der Waals surface area contributed by atoms with Crippen LogP contribution in [0.15, 0.2) is 0 Å². The molecular formula is C10H19NO. The van der Waals surface area contributed by atoms with E-state index in [1.807, 2.05) is 7.11 Å². The van der Waals surface area contributed by atoms with Crippen molar-refractivity contribution in [3.8, 4) is 0 Å². The van der Waals surface area contributed by atoms with Crippen molar-refractivity contribution < 1.29 is 4.74 Å². The maximum atomic E-state index is 5.58. The van der Waals surface area contributed by atoms with Crippen LogP contribution in [0.5, 0.6) is 0 Å². The van der Waals surface area contributed by atoms with Gasteiger partial charge in [0, 0.05) is 7.11 Å². The second-order valence-corrected chi connectivity index (χ2v) is 4.23. The lowest BCUT2D eigenvalue weighted by Gasteiger charge is -2.38. The summed E-state index contributed by atoms with van der Waals surface area (Å²) in [6.07, 6.45) is 7.26. The maximum absolute atomic E-state index is 5.58. The van der Waals surface area contributed by atoms with E-state index >= 15 is 0 Å². The van der Waals surface area contributed by atoms with Crippen LogP contribution in [0, 0.1) is 5.41 Å². The Labute approximate surface area is 74.7 Å². The SMILES string of the molecule is COC1CCCC12CCNCC2. The van der Waals surface area contributed by atoms with Crippen LogP contribution in [-0.2, 0) is 4.74 Å². The van der Waals surface area contributed by atoms with Crippen molar-refractivity contribution in [2.75, 3.05) is 20.2 Å². The van der Waals surface area contributed by atoms with Crippen molar-refractivity contribution in [2.24, 2.45) is 5.41 Å². The lowest BCUT2D eigenvalue weighted by Crippen LogP contribution is -2.42. The van der Waals surface area contributed by atoms with E-state index in [4.69, 9.17) is 4.74 Å². The van der Waals surface area contributed by atoms with Crippen LogP contribution in [0.1, 0.15) is 32.1 Å². The predicted octanol–water partition coefficient (Wildman–Crippen LogP) is 1.56. The average Bonchev–Trinajstić information content (AvgIpc) is 2.49. The Balaban J connectivity index is 2.05. The molecule has 0 amide bonds. The van der Waals surface area contributed by atoms with E-state index in [1.54, 1.807) is 0 Å². The third-order valence-electron chi connectivity index (χ3n) is 3.71. The molecule has 1 spiro atoms. The van der Waals surface area contributed by atoms with Crippen LogP contribution < -0.4 is 5.32 Å². The van der Waals surface area contributed by atoms with E-state index in [0.29, 0.717) is 11.5 Å². The second-order valence-electron chi connectivity index (χ2n) is 4.23. The molecule has 0 aromatic rings. The molecule has 0 radical (unpaired) electrons. The summed E-state index contributed by atoms with van der Waals surface area (Å²) >= 11 is 0. The number of hydrogen-bond donors (Lipinski definition) is 1. The smallest absolute Gasteiger partial charge is 0.0628 e. The van der Waals surface area contributed by atoms with Gasteiger partial charge in [0.25, 0.3) is 0 Å². The second kappa shape index (κ2) is 3.35. The minimum atomic E-state index is 0.555. The highest BCUT2D eigenvalue weighted by atomic mass is 16.5. The molecule has 1 atom stereocenters. The molecule has 1 saturated heterocycles. The van der Waals surface area contributed by atoms with E-state index < -0.39 is 0 Å². The lowest BCUT2D eigenvalue weighted by molar-refractivity contribution is -0.00726. The van der Waals surface area contributed by atoms with E-state index in [9.17, 15) is 0 Å². The standard InChI is InChI=1S/C10H19NO/c1-12-9-3-2-4-10(9)5-7-11-8-6-10/h9,11H,2-8H2,1H3. The van der Waals surface area contributed by atoms with Gasteiger partial charge in [-0.15, -0.1) is 0 Å². The zero-order chi connectivity index (χ0) is 8.44. The van der Waals surface area contributed by atoms with Gasteiger partial charge in [-0.05, 0) is 44.2 Å². The van der Waals surface area contributed by atoms with Gasteiger partial charge < -0.3 is 10.1 Å². The van der Waals surface area contributed by atoms with Gasteiger partial charge in [0.15, 0.2) is 0 Å². The van der Waals surface area contributed by atoms with Gasteiger partial charge in [0.1, 0.15) is 0 Å². The van der Waals surface area contributed by atoms with Crippen molar-refractivity contribution in [3.05, 3.63) is 0 Å². The third-order valence-corrected chi connectivity index (χ3v) is 3.71. The molecule has 70 valence electrons. The number of hydrogen-bond acceptors (Lipinski definition) is 2. The summed E-state index contributed by atoms with van der Waals surface area (Å²) in [6.45, 7) is 2.39. The zero-order valence-electron chi connectivity index (χ0n) is 7.94. The molecule has 12 heavy (non-hydrogen) atoms. The summed E-state index contributed by atoms with van der Waals surface area (Å²) < 4.78 is 5.58. The first-order valence-electron chi connectivity index (χ1n) is 5.11. The molecule has 0 bridgehead atoms. The summed E-state index contributed by atoms with van der Waals surface area (Å²) in [5.74, 6) is 0. The van der Waals surface area contributed by atoms with Crippen LogP contribution in [0.2, 0.25) is 0 Å². The number of ether oxygens (including phenoxy) is 1. The summed E-state index contributed by atoms with van der Waals surface area (Å²) in [5.41, 5.74) is 0.556. The summed E-state index contributed by atoms with van der Waals surface area (Å²) in [6, 6.07) is 0. The molecule has 1 aliphatic heterocycles. The molecule has 1 aliphatic carbocycles. The first kappa shape index (κ1) is 8.52. The van der Waals surface area contributed by atoms with Gasteiger partial charge >= 0.3 is 0 Å². The zero-order valence-corrected chi connectivity index (χ0v) is 7.94. The van der Waals surface area contributed by atoms with Gasteiger partial charge in [-0.2, -0.15) is 0 Å². The van der Waals surface area contributed by atoms with Gasteiger partial charge in [-0.25, -0.2) is 0 Å². The highest BCUT2D eigenvalue weighted by molar-refractivity contribution is 4.95. The Hall–Kier alpha value is -0.0800. The largest absolute Gasteiger partial charge is 0.381 e. The van der Waals surface area contributed by atoms with Gasteiger partial charge in [0.2, 0.25) is 0 Å². The quantitative estimate of drug-likeness (QED) is 0.643. The topological polar surface area (TPSA) is 21.3 Å². The Kier molecular flexibility index (Phi) is 2.37. The number of nitrogens with one attached hydrogen (secondary N) is 1. The minimum absolute atomic E-state index is 0.555. The first-order chi connectivity index (χ1) is 5.87. The van der Waals surface area contributed by atoms with Gasteiger partial charge in [0.05, 0.1) is 6.10 Å². The molecule has 2 nitrogen and oxygen atoms in total. The van der Waals surface area contributed by atoms with Crippen LogP contribution in [0.25, 0.3) is 0 Å². The lowest BCUT2D eigenvalue weighted by atomic mass is 9.76. The summed E-state index contributed by atoms with van der Waals surface area (Å²) in [4.78, 5) is 0. The Morgan fingerprint density at radius 2 is 2.00 bits per heavy atom. The molecule has 2 heteroatoms. The normalized spacial score (nSPS) is 34.2. The number of rotatable bonds is 1. The maximum Gasteiger partial charge on any atom is 0.0628 e.